The van der Waals surface area contributed by atoms with Crippen molar-refractivity contribution in [3.63, 3.8) is 0 Å². The largest absolute Gasteiger partial charge is 0.206 e. The summed E-state index contributed by atoms with van der Waals surface area (Å²) < 4.78 is 14.1. The van der Waals surface area contributed by atoms with Gasteiger partial charge in [0.15, 0.2) is 0 Å². The van der Waals surface area contributed by atoms with E-state index in [4.69, 9.17) is 11.6 Å². The molecule has 2 aromatic rings. The molecule has 2 heteroatoms. The molecule has 0 N–H and O–H groups in total. The average Bonchev–Trinajstić information content (AvgIpc) is 2.41. The van der Waals surface area contributed by atoms with E-state index >= 15 is 0 Å². The third-order valence-electron chi connectivity index (χ3n) is 3.36. The Kier molecular flexibility index (Phi) is 4.82. The molecule has 0 heterocycles. The number of aryl methyl sites for hydroxylation is 1. The molecule has 0 fully saturated rings. The van der Waals surface area contributed by atoms with Gasteiger partial charge in [0.2, 0.25) is 0 Å². The zero-order valence-corrected chi connectivity index (χ0v) is 13.0. The van der Waals surface area contributed by atoms with Crippen LogP contribution in [0.25, 0.3) is 11.1 Å². The Bertz CT molecular complexity index is 602. The van der Waals surface area contributed by atoms with Crippen LogP contribution < -0.4 is 0 Å². The molecule has 2 rings (SSSR count). The summed E-state index contributed by atoms with van der Waals surface area (Å²) in [6.07, 6.45) is 0.924. The Labute approximate surface area is 125 Å². The Morgan fingerprint density at radius 1 is 1.05 bits per heavy atom. The van der Waals surface area contributed by atoms with Gasteiger partial charge in [0.05, 0.1) is 0 Å². The van der Waals surface area contributed by atoms with Gasteiger partial charge in [-0.1, -0.05) is 43.7 Å². The van der Waals surface area contributed by atoms with Crippen LogP contribution in [0.3, 0.4) is 0 Å². The van der Waals surface area contributed by atoms with E-state index in [0.29, 0.717) is 17.4 Å². The highest BCUT2D eigenvalue weighted by Gasteiger charge is 2.12. The number of alkyl halides is 1. The van der Waals surface area contributed by atoms with Gasteiger partial charge < -0.3 is 0 Å². The maximum absolute atomic E-state index is 14.1. The van der Waals surface area contributed by atoms with E-state index in [1.807, 2.05) is 25.1 Å². The van der Waals surface area contributed by atoms with Crippen LogP contribution in [-0.2, 0) is 12.3 Å². The number of benzene rings is 2. The number of halogens is 2. The topological polar surface area (TPSA) is 0 Å². The lowest BCUT2D eigenvalue weighted by Crippen LogP contribution is -1.99. The molecule has 0 atom stereocenters. The van der Waals surface area contributed by atoms with Gasteiger partial charge in [-0.15, -0.1) is 11.6 Å². The molecule has 20 heavy (non-hydrogen) atoms. The Hall–Kier alpha value is -1.34. The van der Waals surface area contributed by atoms with Crippen molar-refractivity contribution in [2.45, 2.75) is 33.1 Å². The first-order valence-corrected chi connectivity index (χ1v) is 7.49. The second-order valence-electron chi connectivity index (χ2n) is 5.71. The predicted octanol–water partition coefficient (Wildman–Crippen LogP) is 5.74. The van der Waals surface area contributed by atoms with Crippen LogP contribution >= 0.6 is 11.6 Å². The van der Waals surface area contributed by atoms with Crippen molar-refractivity contribution in [3.8, 4) is 11.1 Å². The molecule has 0 bridgehead atoms. The fourth-order valence-corrected chi connectivity index (χ4v) is 2.61. The van der Waals surface area contributed by atoms with Crippen molar-refractivity contribution < 1.29 is 4.39 Å². The zero-order chi connectivity index (χ0) is 14.7. The molecule has 0 saturated heterocycles. The van der Waals surface area contributed by atoms with E-state index in [1.165, 1.54) is 5.56 Å². The highest BCUT2D eigenvalue weighted by molar-refractivity contribution is 6.17. The first-order valence-electron chi connectivity index (χ1n) is 6.95. The highest BCUT2D eigenvalue weighted by atomic mass is 35.5. The smallest absolute Gasteiger partial charge is 0.131 e. The summed E-state index contributed by atoms with van der Waals surface area (Å²) >= 11 is 5.92. The SMILES string of the molecule is Cc1ccc(F)c(-c2ccc(CCl)cc2CC(C)C)c1. The van der Waals surface area contributed by atoms with Crippen molar-refractivity contribution in [1.29, 1.82) is 0 Å². The minimum absolute atomic E-state index is 0.167. The zero-order valence-electron chi connectivity index (χ0n) is 12.2. The second-order valence-corrected chi connectivity index (χ2v) is 5.97. The summed E-state index contributed by atoms with van der Waals surface area (Å²) in [4.78, 5) is 0. The fourth-order valence-electron chi connectivity index (χ4n) is 2.45. The highest BCUT2D eigenvalue weighted by Crippen LogP contribution is 2.30. The van der Waals surface area contributed by atoms with Crippen LogP contribution in [0.5, 0.6) is 0 Å². The molecule has 0 amide bonds. The molecular weight excluding hydrogens is 271 g/mol. The van der Waals surface area contributed by atoms with Crippen LogP contribution in [0.2, 0.25) is 0 Å². The molecule has 0 nitrogen and oxygen atoms in total. The molecule has 0 radical (unpaired) electrons. The molecule has 0 aromatic heterocycles. The average molecular weight is 291 g/mol. The van der Waals surface area contributed by atoms with E-state index in [1.54, 1.807) is 12.1 Å². The van der Waals surface area contributed by atoms with Crippen LogP contribution in [-0.4, -0.2) is 0 Å². The lowest BCUT2D eigenvalue weighted by molar-refractivity contribution is 0.628. The lowest BCUT2D eigenvalue weighted by Gasteiger charge is -2.14. The third-order valence-corrected chi connectivity index (χ3v) is 3.67. The summed E-state index contributed by atoms with van der Waals surface area (Å²) in [5, 5.41) is 0. The fraction of sp³-hybridized carbons (Fsp3) is 0.333. The molecule has 0 unspecified atom stereocenters. The van der Waals surface area contributed by atoms with E-state index in [9.17, 15) is 4.39 Å². The molecule has 2 aromatic carbocycles. The van der Waals surface area contributed by atoms with Gasteiger partial charge in [-0.25, -0.2) is 4.39 Å². The molecule has 0 spiro atoms. The lowest BCUT2D eigenvalue weighted by atomic mass is 9.91. The van der Waals surface area contributed by atoms with Gasteiger partial charge in [0.1, 0.15) is 5.82 Å². The van der Waals surface area contributed by atoms with Gasteiger partial charge in [-0.05, 0) is 48.1 Å². The second kappa shape index (κ2) is 6.41. The number of hydrogen-bond donors (Lipinski definition) is 0. The van der Waals surface area contributed by atoms with E-state index in [0.717, 1.165) is 23.1 Å². The van der Waals surface area contributed by atoms with Crippen LogP contribution in [0, 0.1) is 18.7 Å². The van der Waals surface area contributed by atoms with Crippen molar-refractivity contribution in [3.05, 3.63) is 58.9 Å². The molecule has 106 valence electrons. The Morgan fingerprint density at radius 3 is 2.45 bits per heavy atom. The molecule has 0 aliphatic carbocycles. The summed E-state index contributed by atoms with van der Waals surface area (Å²) in [7, 11) is 0. The molecular formula is C18H20ClF. The summed E-state index contributed by atoms with van der Waals surface area (Å²) in [5.74, 6) is 0.841. The predicted molar refractivity (Wildman–Crippen MR) is 84.7 cm³/mol. The summed E-state index contributed by atoms with van der Waals surface area (Å²) in [6, 6.07) is 11.3. The van der Waals surface area contributed by atoms with Gasteiger partial charge in [-0.2, -0.15) is 0 Å². The maximum Gasteiger partial charge on any atom is 0.131 e. The first kappa shape index (κ1) is 15.1. The van der Waals surface area contributed by atoms with Crippen LogP contribution in [0.1, 0.15) is 30.5 Å². The maximum atomic E-state index is 14.1. The van der Waals surface area contributed by atoms with Gasteiger partial charge >= 0.3 is 0 Å². The first-order chi connectivity index (χ1) is 9.51. The molecule has 0 saturated carbocycles. The van der Waals surface area contributed by atoms with Crippen molar-refractivity contribution in [2.24, 2.45) is 5.92 Å². The van der Waals surface area contributed by atoms with Crippen LogP contribution in [0.15, 0.2) is 36.4 Å². The minimum atomic E-state index is -0.167. The standard InChI is InChI=1S/C18H20ClF/c1-12(2)8-15-10-14(11-19)5-6-16(15)17-9-13(3)4-7-18(17)20/h4-7,9-10,12H,8,11H2,1-3H3. The molecule has 0 aliphatic rings. The van der Waals surface area contributed by atoms with Gasteiger partial charge in [0.25, 0.3) is 0 Å². The van der Waals surface area contributed by atoms with E-state index in [-0.39, 0.29) is 5.82 Å². The Balaban J connectivity index is 2.57. The van der Waals surface area contributed by atoms with Gasteiger partial charge in [0, 0.05) is 11.4 Å². The Morgan fingerprint density at radius 2 is 1.80 bits per heavy atom. The normalized spacial score (nSPS) is 11.1. The molecule has 0 aliphatic heterocycles. The quantitative estimate of drug-likeness (QED) is 0.630. The summed E-state index contributed by atoms with van der Waals surface area (Å²) in [5.41, 5.74) is 4.98. The minimum Gasteiger partial charge on any atom is -0.206 e. The van der Waals surface area contributed by atoms with Gasteiger partial charge in [-0.3, -0.25) is 0 Å². The number of rotatable bonds is 4. The number of hydrogen-bond acceptors (Lipinski definition) is 0. The van der Waals surface area contributed by atoms with Crippen molar-refractivity contribution in [1.82, 2.24) is 0 Å². The third kappa shape index (κ3) is 3.40. The van der Waals surface area contributed by atoms with E-state index < -0.39 is 0 Å². The van der Waals surface area contributed by atoms with E-state index in [2.05, 4.69) is 19.9 Å². The van der Waals surface area contributed by atoms with Crippen molar-refractivity contribution >= 4 is 11.6 Å². The monoisotopic (exact) mass is 290 g/mol. The van der Waals surface area contributed by atoms with Crippen molar-refractivity contribution in [2.75, 3.05) is 0 Å². The van der Waals surface area contributed by atoms with Crippen LogP contribution in [0.4, 0.5) is 4.39 Å². The summed E-state index contributed by atoms with van der Waals surface area (Å²) in [6.45, 7) is 6.33.